The van der Waals surface area contributed by atoms with E-state index in [9.17, 15) is 5.11 Å². The van der Waals surface area contributed by atoms with Gasteiger partial charge in [0.1, 0.15) is 17.5 Å². The molecule has 5 heteroatoms. The van der Waals surface area contributed by atoms with Crippen LogP contribution in [0.15, 0.2) is 6.07 Å². The third-order valence-electron chi connectivity index (χ3n) is 4.14. The fourth-order valence-corrected chi connectivity index (χ4v) is 2.50. The second kappa shape index (κ2) is 5.95. The Balaban J connectivity index is 2.14. The van der Waals surface area contributed by atoms with E-state index in [0.29, 0.717) is 0 Å². The molecule has 5 nitrogen and oxygen atoms in total. The minimum atomic E-state index is -0.231. The van der Waals surface area contributed by atoms with Crippen LogP contribution in [0.5, 0.6) is 0 Å². The van der Waals surface area contributed by atoms with Gasteiger partial charge in [0.15, 0.2) is 0 Å². The summed E-state index contributed by atoms with van der Waals surface area (Å²) >= 11 is 0. The normalized spacial score (nSPS) is 24.1. The van der Waals surface area contributed by atoms with Crippen molar-refractivity contribution in [3.05, 3.63) is 11.9 Å². The number of nitrogens with zero attached hydrogens (tertiary/aromatic N) is 2. The van der Waals surface area contributed by atoms with Crippen LogP contribution in [0.1, 0.15) is 46.4 Å². The minimum absolute atomic E-state index is 0.103. The zero-order valence-corrected chi connectivity index (χ0v) is 12.9. The molecule has 2 unspecified atom stereocenters. The number of rotatable bonds is 6. The van der Waals surface area contributed by atoms with Gasteiger partial charge < -0.3 is 15.7 Å². The molecule has 0 radical (unpaired) electrons. The van der Waals surface area contributed by atoms with Gasteiger partial charge in [0.2, 0.25) is 0 Å². The quantitative estimate of drug-likeness (QED) is 0.745. The summed E-state index contributed by atoms with van der Waals surface area (Å²) in [7, 11) is 0. The van der Waals surface area contributed by atoms with E-state index < -0.39 is 0 Å². The highest BCUT2D eigenvalue weighted by molar-refractivity contribution is 5.49. The first-order valence-corrected chi connectivity index (χ1v) is 7.53. The predicted octanol–water partition coefficient (Wildman–Crippen LogP) is 2.43. The van der Waals surface area contributed by atoms with Crippen LogP contribution in [-0.4, -0.2) is 33.8 Å². The average Bonchev–Trinajstić information content (AvgIpc) is 2.39. The fourth-order valence-electron chi connectivity index (χ4n) is 2.50. The molecule has 0 amide bonds. The summed E-state index contributed by atoms with van der Waals surface area (Å²) in [4.78, 5) is 9.08. The Labute approximate surface area is 121 Å². The molecule has 1 aromatic heterocycles. The van der Waals surface area contributed by atoms with Gasteiger partial charge in [0, 0.05) is 30.5 Å². The van der Waals surface area contributed by atoms with E-state index in [0.717, 1.165) is 43.3 Å². The number of aliphatic hydroxyl groups excluding tert-OH is 1. The van der Waals surface area contributed by atoms with Crippen LogP contribution in [0.25, 0.3) is 0 Å². The zero-order chi connectivity index (χ0) is 14.8. The second-order valence-corrected chi connectivity index (χ2v) is 6.10. The molecule has 20 heavy (non-hydrogen) atoms. The molecule has 2 rings (SSSR count). The standard InChI is InChI=1S/C15H26N4O/c1-5-7-12-18-13(16-6-2)9-14(19-12)17-10-8-11(20)15(10,3)4/h9-11,20H,5-8H2,1-4H3,(H2,16,17,18,19). The topological polar surface area (TPSA) is 70.1 Å². The Morgan fingerprint density at radius 3 is 2.55 bits per heavy atom. The molecule has 0 spiro atoms. The van der Waals surface area contributed by atoms with E-state index >= 15 is 0 Å². The van der Waals surface area contributed by atoms with Crippen LogP contribution < -0.4 is 10.6 Å². The van der Waals surface area contributed by atoms with Crippen molar-refractivity contribution in [2.75, 3.05) is 17.2 Å². The van der Waals surface area contributed by atoms with Crippen LogP contribution in [0.3, 0.4) is 0 Å². The molecule has 1 heterocycles. The number of hydrogen-bond acceptors (Lipinski definition) is 5. The van der Waals surface area contributed by atoms with Crippen LogP contribution in [-0.2, 0) is 6.42 Å². The van der Waals surface area contributed by atoms with Gasteiger partial charge in [-0.15, -0.1) is 0 Å². The van der Waals surface area contributed by atoms with E-state index in [1.807, 2.05) is 6.07 Å². The predicted molar refractivity (Wildman–Crippen MR) is 82.0 cm³/mol. The van der Waals surface area contributed by atoms with Crippen molar-refractivity contribution in [2.24, 2.45) is 5.41 Å². The monoisotopic (exact) mass is 278 g/mol. The number of anilines is 2. The summed E-state index contributed by atoms with van der Waals surface area (Å²) in [5, 5.41) is 16.5. The van der Waals surface area contributed by atoms with E-state index in [1.54, 1.807) is 0 Å². The maximum atomic E-state index is 9.82. The summed E-state index contributed by atoms with van der Waals surface area (Å²) in [6, 6.07) is 2.21. The maximum Gasteiger partial charge on any atom is 0.133 e. The van der Waals surface area contributed by atoms with Gasteiger partial charge in [-0.1, -0.05) is 20.8 Å². The lowest BCUT2D eigenvalue weighted by Gasteiger charge is -2.49. The molecule has 0 aromatic carbocycles. The van der Waals surface area contributed by atoms with Crippen molar-refractivity contribution in [2.45, 2.75) is 59.1 Å². The Morgan fingerprint density at radius 1 is 1.30 bits per heavy atom. The highest BCUT2D eigenvalue weighted by Gasteiger charge is 2.47. The molecular weight excluding hydrogens is 252 g/mol. The highest BCUT2D eigenvalue weighted by atomic mass is 16.3. The lowest BCUT2D eigenvalue weighted by molar-refractivity contribution is -0.0511. The van der Waals surface area contributed by atoms with E-state index in [-0.39, 0.29) is 17.6 Å². The van der Waals surface area contributed by atoms with Crippen LogP contribution in [0.4, 0.5) is 11.6 Å². The molecule has 1 aromatic rings. The third-order valence-corrected chi connectivity index (χ3v) is 4.14. The number of aromatic nitrogens is 2. The van der Waals surface area contributed by atoms with Gasteiger partial charge in [-0.2, -0.15) is 0 Å². The summed E-state index contributed by atoms with van der Waals surface area (Å²) < 4.78 is 0. The molecule has 1 fully saturated rings. The van der Waals surface area contributed by atoms with Crippen molar-refractivity contribution in [1.82, 2.24) is 9.97 Å². The van der Waals surface area contributed by atoms with Gasteiger partial charge in [-0.3, -0.25) is 0 Å². The van der Waals surface area contributed by atoms with Crippen LogP contribution in [0.2, 0.25) is 0 Å². The zero-order valence-electron chi connectivity index (χ0n) is 12.9. The van der Waals surface area contributed by atoms with Gasteiger partial charge in [-0.25, -0.2) is 9.97 Å². The highest BCUT2D eigenvalue weighted by Crippen LogP contribution is 2.42. The number of aliphatic hydroxyl groups is 1. The van der Waals surface area contributed by atoms with E-state index in [1.165, 1.54) is 0 Å². The number of aryl methyl sites for hydroxylation is 1. The van der Waals surface area contributed by atoms with Gasteiger partial charge in [0.05, 0.1) is 6.10 Å². The van der Waals surface area contributed by atoms with E-state index in [2.05, 4.69) is 48.3 Å². The third kappa shape index (κ3) is 3.03. The molecule has 2 atom stereocenters. The van der Waals surface area contributed by atoms with Crippen molar-refractivity contribution < 1.29 is 5.11 Å². The molecular formula is C15H26N4O. The van der Waals surface area contributed by atoms with Gasteiger partial charge >= 0.3 is 0 Å². The van der Waals surface area contributed by atoms with Gasteiger partial charge in [-0.05, 0) is 19.8 Å². The van der Waals surface area contributed by atoms with Gasteiger partial charge in [0.25, 0.3) is 0 Å². The Morgan fingerprint density at radius 2 is 2.00 bits per heavy atom. The lowest BCUT2D eigenvalue weighted by atomic mass is 9.64. The maximum absolute atomic E-state index is 9.82. The van der Waals surface area contributed by atoms with Crippen molar-refractivity contribution in [3.63, 3.8) is 0 Å². The van der Waals surface area contributed by atoms with E-state index in [4.69, 9.17) is 0 Å². The molecule has 3 N–H and O–H groups in total. The average molecular weight is 278 g/mol. The van der Waals surface area contributed by atoms with Crippen molar-refractivity contribution in [1.29, 1.82) is 0 Å². The van der Waals surface area contributed by atoms with Crippen molar-refractivity contribution >= 4 is 11.6 Å². The smallest absolute Gasteiger partial charge is 0.133 e. The fraction of sp³-hybridized carbons (Fsp3) is 0.733. The van der Waals surface area contributed by atoms with Crippen LogP contribution >= 0.6 is 0 Å². The Kier molecular flexibility index (Phi) is 4.48. The lowest BCUT2D eigenvalue weighted by Crippen LogP contribution is -2.57. The largest absolute Gasteiger partial charge is 0.392 e. The summed E-state index contributed by atoms with van der Waals surface area (Å²) in [6.45, 7) is 9.19. The van der Waals surface area contributed by atoms with Crippen LogP contribution in [0, 0.1) is 5.41 Å². The second-order valence-electron chi connectivity index (χ2n) is 6.10. The first kappa shape index (κ1) is 15.0. The molecule has 1 saturated carbocycles. The Hall–Kier alpha value is -1.36. The number of hydrogen-bond donors (Lipinski definition) is 3. The Bertz CT molecular complexity index is 437. The minimum Gasteiger partial charge on any atom is -0.392 e. The number of nitrogens with one attached hydrogen (secondary N) is 2. The molecule has 0 bridgehead atoms. The van der Waals surface area contributed by atoms with Crippen molar-refractivity contribution in [3.8, 4) is 0 Å². The molecule has 112 valence electrons. The molecule has 1 aliphatic carbocycles. The molecule has 0 aliphatic heterocycles. The first-order chi connectivity index (χ1) is 9.47. The summed E-state index contributed by atoms with van der Waals surface area (Å²) in [6.07, 6.45) is 2.45. The summed E-state index contributed by atoms with van der Waals surface area (Å²) in [5.74, 6) is 2.58. The summed E-state index contributed by atoms with van der Waals surface area (Å²) in [5.41, 5.74) is -0.103. The molecule has 0 saturated heterocycles. The molecule has 1 aliphatic rings. The SMILES string of the molecule is CCCc1nc(NCC)cc(NC2CC(O)C2(C)C)n1. The first-order valence-electron chi connectivity index (χ1n) is 7.53.